The lowest BCUT2D eigenvalue weighted by molar-refractivity contribution is -0.137. The average molecular weight is 297 g/mol. The molecule has 0 radical (unpaired) electrons. The summed E-state index contributed by atoms with van der Waals surface area (Å²) >= 11 is 0. The molecular formula is C15H18F3N3. The molecule has 114 valence electrons. The molecule has 1 heterocycles. The molecule has 1 aromatic carbocycles. The van der Waals surface area contributed by atoms with Gasteiger partial charge < -0.3 is 5.73 Å². The minimum absolute atomic E-state index is 0.312. The van der Waals surface area contributed by atoms with Gasteiger partial charge in [0.2, 0.25) is 0 Å². The Morgan fingerprint density at radius 1 is 1.33 bits per heavy atom. The number of alkyl halides is 3. The molecule has 2 unspecified atom stereocenters. The van der Waals surface area contributed by atoms with E-state index in [9.17, 15) is 13.2 Å². The molecule has 0 amide bonds. The highest BCUT2D eigenvalue weighted by Crippen LogP contribution is 2.31. The fourth-order valence-corrected chi connectivity index (χ4v) is 2.31. The van der Waals surface area contributed by atoms with Gasteiger partial charge in [-0.25, -0.2) is 0 Å². The predicted octanol–water partition coefficient (Wildman–Crippen LogP) is 3.54. The lowest BCUT2D eigenvalue weighted by atomic mass is 9.97. The molecule has 1 aromatic heterocycles. The van der Waals surface area contributed by atoms with E-state index in [4.69, 9.17) is 5.73 Å². The molecule has 21 heavy (non-hydrogen) atoms. The summed E-state index contributed by atoms with van der Waals surface area (Å²) in [6.45, 7) is 3.84. The number of nitrogens with two attached hydrogens (primary N) is 1. The summed E-state index contributed by atoms with van der Waals surface area (Å²) < 4.78 is 39.5. The third-order valence-corrected chi connectivity index (χ3v) is 3.47. The van der Waals surface area contributed by atoms with Crippen LogP contribution in [0.4, 0.5) is 13.2 Å². The van der Waals surface area contributed by atoms with Gasteiger partial charge in [-0.2, -0.15) is 18.3 Å². The van der Waals surface area contributed by atoms with Crippen LogP contribution in [-0.4, -0.2) is 15.8 Å². The van der Waals surface area contributed by atoms with Crippen molar-refractivity contribution in [3.8, 4) is 0 Å². The third kappa shape index (κ3) is 3.44. The van der Waals surface area contributed by atoms with Crippen molar-refractivity contribution in [3.05, 3.63) is 53.3 Å². The molecule has 0 spiro atoms. The van der Waals surface area contributed by atoms with Crippen molar-refractivity contribution in [3.63, 3.8) is 0 Å². The first-order chi connectivity index (χ1) is 9.82. The Morgan fingerprint density at radius 2 is 2.05 bits per heavy atom. The van der Waals surface area contributed by atoms with E-state index in [1.54, 1.807) is 0 Å². The second-order valence-corrected chi connectivity index (χ2v) is 5.14. The largest absolute Gasteiger partial charge is 0.419 e. The van der Waals surface area contributed by atoms with E-state index in [0.29, 0.717) is 6.42 Å². The summed E-state index contributed by atoms with van der Waals surface area (Å²) in [6.07, 6.45) is -1.90. The van der Waals surface area contributed by atoms with Crippen LogP contribution in [0.3, 0.4) is 0 Å². The van der Waals surface area contributed by atoms with Crippen molar-refractivity contribution in [1.82, 2.24) is 9.78 Å². The van der Waals surface area contributed by atoms with Gasteiger partial charge in [-0.15, -0.1) is 0 Å². The quantitative estimate of drug-likeness (QED) is 0.938. The Kier molecular flexibility index (Phi) is 4.37. The SMILES string of the molecule is CCC(N)C(c1cccc(C)c1)n1cc(C(F)(F)F)cn1. The van der Waals surface area contributed by atoms with Crippen LogP contribution in [0.5, 0.6) is 0 Å². The Balaban J connectivity index is 2.44. The average Bonchev–Trinajstić information content (AvgIpc) is 2.88. The van der Waals surface area contributed by atoms with Gasteiger partial charge >= 0.3 is 6.18 Å². The second kappa shape index (κ2) is 5.89. The maximum Gasteiger partial charge on any atom is 0.419 e. The molecule has 0 aliphatic rings. The van der Waals surface area contributed by atoms with Crippen molar-refractivity contribution >= 4 is 0 Å². The lowest BCUT2D eigenvalue weighted by Crippen LogP contribution is -2.33. The van der Waals surface area contributed by atoms with E-state index in [0.717, 1.165) is 23.5 Å². The standard InChI is InChI=1S/C15H18F3N3/c1-3-13(19)14(11-6-4-5-10(2)7-11)21-9-12(8-20-21)15(16,17)18/h4-9,13-14H,3,19H2,1-2H3. The predicted molar refractivity (Wildman–Crippen MR) is 74.8 cm³/mol. The zero-order valence-electron chi connectivity index (χ0n) is 11.9. The molecular weight excluding hydrogens is 279 g/mol. The van der Waals surface area contributed by atoms with E-state index in [1.807, 2.05) is 38.1 Å². The number of aromatic nitrogens is 2. The monoisotopic (exact) mass is 297 g/mol. The fourth-order valence-electron chi connectivity index (χ4n) is 2.31. The first-order valence-electron chi connectivity index (χ1n) is 6.76. The van der Waals surface area contributed by atoms with Crippen LogP contribution in [0.2, 0.25) is 0 Å². The van der Waals surface area contributed by atoms with Crippen molar-refractivity contribution in [2.75, 3.05) is 0 Å². The summed E-state index contributed by atoms with van der Waals surface area (Å²) in [5, 5.41) is 3.87. The molecule has 0 saturated heterocycles. The molecule has 6 heteroatoms. The van der Waals surface area contributed by atoms with Crippen molar-refractivity contribution in [1.29, 1.82) is 0 Å². The molecule has 3 nitrogen and oxygen atoms in total. The summed E-state index contributed by atoms with van der Waals surface area (Å²) in [5.74, 6) is 0. The molecule has 0 bridgehead atoms. The van der Waals surface area contributed by atoms with Crippen LogP contribution >= 0.6 is 0 Å². The number of benzene rings is 1. The van der Waals surface area contributed by atoms with Gasteiger partial charge in [0.05, 0.1) is 17.8 Å². The highest BCUT2D eigenvalue weighted by molar-refractivity contribution is 5.27. The summed E-state index contributed by atoms with van der Waals surface area (Å²) in [5.41, 5.74) is 7.24. The van der Waals surface area contributed by atoms with Crippen LogP contribution in [0.25, 0.3) is 0 Å². The van der Waals surface area contributed by atoms with Crippen molar-refractivity contribution < 1.29 is 13.2 Å². The van der Waals surface area contributed by atoms with E-state index < -0.39 is 17.8 Å². The van der Waals surface area contributed by atoms with E-state index in [1.165, 1.54) is 4.68 Å². The van der Waals surface area contributed by atoms with Crippen LogP contribution in [-0.2, 0) is 6.18 Å². The van der Waals surface area contributed by atoms with Gasteiger partial charge in [-0.3, -0.25) is 4.68 Å². The van der Waals surface area contributed by atoms with Gasteiger partial charge in [0.15, 0.2) is 0 Å². The van der Waals surface area contributed by atoms with Crippen LogP contribution in [0.15, 0.2) is 36.7 Å². The van der Waals surface area contributed by atoms with Crippen LogP contribution in [0, 0.1) is 6.92 Å². The van der Waals surface area contributed by atoms with Gasteiger partial charge in [0.1, 0.15) is 0 Å². The van der Waals surface area contributed by atoms with Gasteiger partial charge in [0.25, 0.3) is 0 Å². The van der Waals surface area contributed by atoms with E-state index >= 15 is 0 Å². The molecule has 2 N–H and O–H groups in total. The van der Waals surface area contributed by atoms with Crippen LogP contribution < -0.4 is 5.73 Å². The second-order valence-electron chi connectivity index (χ2n) is 5.14. The molecule has 0 aliphatic carbocycles. The number of halogens is 3. The molecule has 2 rings (SSSR count). The normalized spacial score (nSPS) is 15.0. The highest BCUT2D eigenvalue weighted by atomic mass is 19.4. The summed E-state index contributed by atoms with van der Waals surface area (Å²) in [6, 6.07) is 6.87. The zero-order valence-corrected chi connectivity index (χ0v) is 11.9. The minimum atomic E-state index is -4.40. The number of rotatable bonds is 4. The minimum Gasteiger partial charge on any atom is -0.326 e. The topological polar surface area (TPSA) is 43.8 Å². The highest BCUT2D eigenvalue weighted by Gasteiger charge is 2.33. The molecule has 0 aliphatic heterocycles. The molecule has 2 aromatic rings. The van der Waals surface area contributed by atoms with Gasteiger partial charge in [-0.05, 0) is 18.9 Å². The fraction of sp³-hybridized carbons (Fsp3) is 0.400. The maximum atomic E-state index is 12.7. The van der Waals surface area contributed by atoms with Gasteiger partial charge in [-0.1, -0.05) is 36.8 Å². The Hall–Kier alpha value is -1.82. The maximum absolute atomic E-state index is 12.7. The summed E-state index contributed by atoms with van der Waals surface area (Å²) in [4.78, 5) is 0. The number of hydrogen-bond acceptors (Lipinski definition) is 2. The Labute approximate surface area is 121 Å². The first kappa shape index (κ1) is 15.6. The van der Waals surface area contributed by atoms with Gasteiger partial charge in [0, 0.05) is 12.2 Å². The number of aryl methyl sites for hydroxylation is 1. The van der Waals surface area contributed by atoms with Crippen LogP contribution in [0.1, 0.15) is 36.1 Å². The Bertz CT molecular complexity index is 604. The smallest absolute Gasteiger partial charge is 0.326 e. The zero-order chi connectivity index (χ0) is 15.6. The summed E-state index contributed by atoms with van der Waals surface area (Å²) in [7, 11) is 0. The van der Waals surface area contributed by atoms with Crippen molar-refractivity contribution in [2.24, 2.45) is 5.73 Å². The first-order valence-corrected chi connectivity index (χ1v) is 6.76. The molecule has 0 saturated carbocycles. The number of nitrogens with zero attached hydrogens (tertiary/aromatic N) is 2. The Morgan fingerprint density at radius 3 is 2.57 bits per heavy atom. The van der Waals surface area contributed by atoms with E-state index in [-0.39, 0.29) is 6.04 Å². The molecule has 0 fully saturated rings. The number of hydrogen-bond donors (Lipinski definition) is 1. The van der Waals surface area contributed by atoms with E-state index in [2.05, 4.69) is 5.10 Å². The van der Waals surface area contributed by atoms with Crippen molar-refractivity contribution in [2.45, 2.75) is 38.5 Å². The lowest BCUT2D eigenvalue weighted by Gasteiger charge is -2.24. The molecule has 2 atom stereocenters. The third-order valence-electron chi connectivity index (χ3n) is 3.47.